The van der Waals surface area contributed by atoms with Crippen molar-refractivity contribution in [1.82, 2.24) is 0 Å². The molecule has 0 heterocycles. The maximum Gasteiger partial charge on any atom is -0.0355 e. The quantitative estimate of drug-likeness (QED) is 0.328. The smallest absolute Gasteiger partial charge is 0.0355 e. The molecule has 0 rings (SSSR count). The van der Waals surface area contributed by atoms with Crippen molar-refractivity contribution in [3.05, 3.63) is 0 Å². The van der Waals surface area contributed by atoms with E-state index in [0.717, 1.165) is 23.7 Å². The van der Waals surface area contributed by atoms with E-state index in [0.29, 0.717) is 0 Å². The van der Waals surface area contributed by atoms with Crippen molar-refractivity contribution < 1.29 is 0 Å². The maximum atomic E-state index is 2.51. The number of hydrogen-bond donors (Lipinski definition) is 0. The third-order valence-corrected chi connectivity index (χ3v) is 5.50. The van der Waals surface area contributed by atoms with Gasteiger partial charge in [0.2, 0.25) is 0 Å². The molecule has 122 valence electrons. The van der Waals surface area contributed by atoms with Crippen LogP contribution in [0.2, 0.25) is 0 Å². The van der Waals surface area contributed by atoms with Crippen LogP contribution in [0.15, 0.2) is 0 Å². The van der Waals surface area contributed by atoms with E-state index in [-0.39, 0.29) is 0 Å². The van der Waals surface area contributed by atoms with Crippen molar-refractivity contribution in [2.24, 2.45) is 23.7 Å². The summed E-state index contributed by atoms with van der Waals surface area (Å²) in [7, 11) is 0. The average Bonchev–Trinajstić information content (AvgIpc) is 2.47. The summed E-state index contributed by atoms with van der Waals surface area (Å²) >= 11 is 0. The van der Waals surface area contributed by atoms with Crippen LogP contribution in [0.3, 0.4) is 0 Å². The minimum absolute atomic E-state index is 0.911. The highest BCUT2D eigenvalue weighted by molar-refractivity contribution is 4.80. The van der Waals surface area contributed by atoms with Gasteiger partial charge in [-0.3, -0.25) is 0 Å². The first-order chi connectivity index (χ1) is 9.65. The molecule has 0 N–H and O–H groups in total. The zero-order valence-corrected chi connectivity index (χ0v) is 15.4. The molecule has 0 aromatic rings. The summed E-state index contributed by atoms with van der Waals surface area (Å²) < 4.78 is 0. The van der Waals surface area contributed by atoms with Gasteiger partial charge in [-0.15, -0.1) is 0 Å². The first-order valence-corrected chi connectivity index (χ1v) is 9.65. The van der Waals surface area contributed by atoms with Gasteiger partial charge in [-0.2, -0.15) is 0 Å². The molecule has 0 heteroatoms. The molecule has 0 aliphatic heterocycles. The summed E-state index contributed by atoms with van der Waals surface area (Å²) in [6.07, 6.45) is 14.1. The Balaban J connectivity index is 4.94. The SMILES string of the molecule is CCCCC(C(C)CC)C(CCCC)C(CC)CCC. The number of hydrogen-bond acceptors (Lipinski definition) is 0. The van der Waals surface area contributed by atoms with Gasteiger partial charge in [0.1, 0.15) is 0 Å². The van der Waals surface area contributed by atoms with Crippen molar-refractivity contribution in [1.29, 1.82) is 0 Å². The predicted molar refractivity (Wildman–Crippen MR) is 94.2 cm³/mol. The molecular formula is C20H42. The van der Waals surface area contributed by atoms with Crippen LogP contribution in [-0.2, 0) is 0 Å². The zero-order chi connectivity index (χ0) is 15.4. The highest BCUT2D eigenvalue weighted by Gasteiger charge is 2.30. The minimum atomic E-state index is 0.911. The summed E-state index contributed by atoms with van der Waals surface area (Å²) in [5.41, 5.74) is 0. The lowest BCUT2D eigenvalue weighted by Gasteiger charge is -2.37. The second-order valence-electron chi connectivity index (χ2n) is 6.95. The van der Waals surface area contributed by atoms with Gasteiger partial charge in [-0.25, -0.2) is 0 Å². The first kappa shape index (κ1) is 20.0. The summed E-state index contributed by atoms with van der Waals surface area (Å²) in [6, 6.07) is 0. The summed E-state index contributed by atoms with van der Waals surface area (Å²) in [6.45, 7) is 14.4. The van der Waals surface area contributed by atoms with Gasteiger partial charge in [-0.1, -0.05) is 92.9 Å². The molecule has 0 nitrogen and oxygen atoms in total. The molecule has 4 unspecified atom stereocenters. The van der Waals surface area contributed by atoms with Gasteiger partial charge < -0.3 is 0 Å². The van der Waals surface area contributed by atoms with Gasteiger partial charge in [0.05, 0.1) is 0 Å². The summed E-state index contributed by atoms with van der Waals surface area (Å²) in [5.74, 6) is 3.85. The number of unbranched alkanes of at least 4 members (excludes halogenated alkanes) is 2. The monoisotopic (exact) mass is 282 g/mol. The van der Waals surface area contributed by atoms with E-state index in [1.165, 1.54) is 64.2 Å². The Morgan fingerprint density at radius 1 is 0.600 bits per heavy atom. The van der Waals surface area contributed by atoms with E-state index >= 15 is 0 Å². The molecule has 0 aliphatic carbocycles. The Kier molecular flexibility index (Phi) is 12.7. The van der Waals surface area contributed by atoms with E-state index in [9.17, 15) is 0 Å². The lowest BCUT2D eigenvalue weighted by molar-refractivity contribution is 0.129. The Labute approximate surface area is 130 Å². The van der Waals surface area contributed by atoms with Crippen molar-refractivity contribution in [2.45, 2.75) is 106 Å². The minimum Gasteiger partial charge on any atom is -0.0654 e. The Bertz CT molecular complexity index is 196. The van der Waals surface area contributed by atoms with E-state index in [1.807, 2.05) is 0 Å². The largest absolute Gasteiger partial charge is 0.0654 e. The fourth-order valence-corrected chi connectivity index (χ4v) is 3.99. The standard InChI is InChI=1S/C20H42/c1-7-12-15-19(17(6)10-4)20(16-13-8-2)18(11-5)14-9-3/h17-20H,7-16H2,1-6H3. The molecule has 0 radical (unpaired) electrons. The van der Waals surface area contributed by atoms with E-state index < -0.39 is 0 Å². The van der Waals surface area contributed by atoms with Gasteiger partial charge in [0, 0.05) is 0 Å². The molecule has 4 atom stereocenters. The van der Waals surface area contributed by atoms with E-state index in [1.54, 1.807) is 0 Å². The van der Waals surface area contributed by atoms with Crippen LogP contribution in [0.25, 0.3) is 0 Å². The topological polar surface area (TPSA) is 0 Å². The molecule has 0 aliphatic rings. The Morgan fingerprint density at radius 2 is 1.15 bits per heavy atom. The molecule has 0 fully saturated rings. The molecule has 20 heavy (non-hydrogen) atoms. The third-order valence-electron chi connectivity index (χ3n) is 5.50. The van der Waals surface area contributed by atoms with Crippen molar-refractivity contribution in [2.75, 3.05) is 0 Å². The Hall–Kier alpha value is 0. The average molecular weight is 283 g/mol. The lowest BCUT2D eigenvalue weighted by atomic mass is 9.68. The zero-order valence-electron chi connectivity index (χ0n) is 15.4. The fraction of sp³-hybridized carbons (Fsp3) is 1.00. The molecule has 0 spiro atoms. The Morgan fingerprint density at radius 3 is 1.55 bits per heavy atom. The van der Waals surface area contributed by atoms with Crippen LogP contribution in [0.5, 0.6) is 0 Å². The summed E-state index contributed by atoms with van der Waals surface area (Å²) in [4.78, 5) is 0. The van der Waals surface area contributed by atoms with Crippen molar-refractivity contribution >= 4 is 0 Å². The second kappa shape index (κ2) is 12.7. The van der Waals surface area contributed by atoms with Gasteiger partial charge in [0.25, 0.3) is 0 Å². The van der Waals surface area contributed by atoms with Crippen molar-refractivity contribution in [3.63, 3.8) is 0 Å². The van der Waals surface area contributed by atoms with Crippen LogP contribution in [0, 0.1) is 23.7 Å². The maximum absolute atomic E-state index is 2.51. The fourth-order valence-electron chi connectivity index (χ4n) is 3.99. The third kappa shape index (κ3) is 7.14. The molecule has 0 saturated carbocycles. The van der Waals surface area contributed by atoms with Crippen LogP contribution < -0.4 is 0 Å². The molecule has 0 aromatic heterocycles. The molecule has 0 saturated heterocycles. The van der Waals surface area contributed by atoms with Crippen LogP contribution in [0.4, 0.5) is 0 Å². The van der Waals surface area contributed by atoms with Gasteiger partial charge >= 0.3 is 0 Å². The van der Waals surface area contributed by atoms with Crippen molar-refractivity contribution in [3.8, 4) is 0 Å². The first-order valence-electron chi connectivity index (χ1n) is 9.65. The van der Waals surface area contributed by atoms with Gasteiger partial charge in [0.15, 0.2) is 0 Å². The lowest BCUT2D eigenvalue weighted by Crippen LogP contribution is -2.28. The van der Waals surface area contributed by atoms with Crippen LogP contribution in [0.1, 0.15) is 106 Å². The summed E-state index contributed by atoms with van der Waals surface area (Å²) in [5, 5.41) is 0. The van der Waals surface area contributed by atoms with E-state index in [4.69, 9.17) is 0 Å². The van der Waals surface area contributed by atoms with Crippen LogP contribution in [-0.4, -0.2) is 0 Å². The molecular weight excluding hydrogens is 240 g/mol. The molecule has 0 bridgehead atoms. The molecule has 0 aromatic carbocycles. The molecule has 0 amide bonds. The van der Waals surface area contributed by atoms with E-state index in [2.05, 4.69) is 41.5 Å². The number of rotatable bonds is 13. The highest BCUT2D eigenvalue weighted by Crippen LogP contribution is 2.39. The van der Waals surface area contributed by atoms with Gasteiger partial charge in [-0.05, 0) is 36.5 Å². The normalized spacial score (nSPS) is 17.7. The van der Waals surface area contributed by atoms with Crippen LogP contribution >= 0.6 is 0 Å². The second-order valence-corrected chi connectivity index (χ2v) is 6.95. The predicted octanol–water partition coefficient (Wildman–Crippen LogP) is 7.47. The highest BCUT2D eigenvalue weighted by atomic mass is 14.4.